The number of urea groups is 1. The molecule has 0 heterocycles. The zero-order chi connectivity index (χ0) is 15.1. The largest absolute Gasteiger partial charge is 0.492 e. The summed E-state index contributed by atoms with van der Waals surface area (Å²) in [6, 6.07) is 6.60. The minimum atomic E-state index is -0.295. The first kappa shape index (κ1) is 16.1. The quantitative estimate of drug-likeness (QED) is 0.904. The van der Waals surface area contributed by atoms with Gasteiger partial charge in [0.1, 0.15) is 5.75 Å². The van der Waals surface area contributed by atoms with Crippen LogP contribution in [0.4, 0.5) is 10.5 Å². The van der Waals surface area contributed by atoms with Gasteiger partial charge in [-0.3, -0.25) is 0 Å². The van der Waals surface area contributed by atoms with E-state index in [1.165, 1.54) is 4.90 Å². The van der Waals surface area contributed by atoms with Crippen LogP contribution in [0.1, 0.15) is 20.3 Å². The number of anilines is 1. The molecule has 0 saturated heterocycles. The third kappa shape index (κ3) is 4.32. The van der Waals surface area contributed by atoms with E-state index in [0.717, 1.165) is 0 Å². The van der Waals surface area contributed by atoms with E-state index in [2.05, 4.69) is 5.32 Å². The van der Waals surface area contributed by atoms with Crippen molar-refractivity contribution in [2.75, 3.05) is 19.0 Å². The first-order valence-corrected chi connectivity index (χ1v) is 6.70. The van der Waals surface area contributed by atoms with Gasteiger partial charge in [-0.05, 0) is 26.0 Å². The highest BCUT2D eigenvalue weighted by atomic mass is 35.5. The average molecular weight is 296 g/mol. The predicted molar refractivity (Wildman–Crippen MR) is 79.1 cm³/mol. The number of amides is 2. The Morgan fingerprint density at radius 2 is 2.30 bits per heavy atom. The molecular formula is C14H18ClN3O2. The molecule has 0 fully saturated rings. The topological polar surface area (TPSA) is 65.4 Å². The van der Waals surface area contributed by atoms with Crippen LogP contribution < -0.4 is 10.1 Å². The van der Waals surface area contributed by atoms with Gasteiger partial charge >= 0.3 is 6.03 Å². The number of hydrogen-bond donors (Lipinski definition) is 1. The summed E-state index contributed by atoms with van der Waals surface area (Å²) in [5.41, 5.74) is 0.553. The lowest BCUT2D eigenvalue weighted by molar-refractivity contribution is 0.208. The molecule has 20 heavy (non-hydrogen) atoms. The van der Waals surface area contributed by atoms with Crippen LogP contribution in [0, 0.1) is 11.3 Å². The highest BCUT2D eigenvalue weighted by Crippen LogP contribution is 2.28. The molecule has 5 nitrogen and oxygen atoms in total. The number of nitrogens with one attached hydrogen (secondary N) is 1. The molecule has 1 aromatic carbocycles. The van der Waals surface area contributed by atoms with Crippen LogP contribution >= 0.6 is 11.6 Å². The van der Waals surface area contributed by atoms with Gasteiger partial charge in [-0.25, -0.2) is 4.79 Å². The van der Waals surface area contributed by atoms with E-state index in [1.807, 2.05) is 19.9 Å². The molecule has 1 N–H and O–H groups in total. The van der Waals surface area contributed by atoms with Crippen molar-refractivity contribution in [3.05, 3.63) is 23.2 Å². The van der Waals surface area contributed by atoms with Gasteiger partial charge in [0.25, 0.3) is 0 Å². The molecule has 1 unspecified atom stereocenters. The monoisotopic (exact) mass is 295 g/mol. The molecule has 0 radical (unpaired) electrons. The smallest absolute Gasteiger partial charge is 0.321 e. The van der Waals surface area contributed by atoms with Crippen molar-refractivity contribution in [2.45, 2.75) is 26.3 Å². The van der Waals surface area contributed by atoms with E-state index in [-0.39, 0.29) is 18.5 Å². The molecule has 0 aliphatic heterocycles. The SMILES string of the molecule is CCOc1cc(Cl)ccc1NC(=O)N(C)C(C)CC#N. The van der Waals surface area contributed by atoms with Crippen LogP contribution in [0.15, 0.2) is 18.2 Å². The van der Waals surface area contributed by atoms with E-state index < -0.39 is 0 Å². The molecule has 108 valence electrons. The van der Waals surface area contributed by atoms with Gasteiger partial charge < -0.3 is 15.0 Å². The standard InChI is InChI=1S/C14H18ClN3O2/c1-4-20-13-9-11(15)5-6-12(13)17-14(19)18(3)10(2)7-8-16/h5-6,9-10H,4,7H2,1-3H3,(H,17,19). The molecule has 2 amide bonds. The Morgan fingerprint density at radius 3 is 2.90 bits per heavy atom. The molecule has 1 aromatic rings. The molecule has 0 bridgehead atoms. The summed E-state index contributed by atoms with van der Waals surface area (Å²) in [4.78, 5) is 13.6. The summed E-state index contributed by atoms with van der Waals surface area (Å²) < 4.78 is 5.44. The molecular weight excluding hydrogens is 278 g/mol. The predicted octanol–water partition coefficient (Wildman–Crippen LogP) is 3.50. The zero-order valence-corrected chi connectivity index (χ0v) is 12.6. The fourth-order valence-electron chi connectivity index (χ4n) is 1.55. The van der Waals surface area contributed by atoms with Gasteiger partial charge in [0.05, 0.1) is 24.8 Å². The molecule has 0 spiro atoms. The van der Waals surface area contributed by atoms with Crippen molar-refractivity contribution in [2.24, 2.45) is 0 Å². The Bertz CT molecular complexity index is 514. The number of halogens is 1. The number of rotatable bonds is 5. The third-order valence-electron chi connectivity index (χ3n) is 2.85. The zero-order valence-electron chi connectivity index (χ0n) is 11.8. The maximum absolute atomic E-state index is 12.1. The maximum Gasteiger partial charge on any atom is 0.321 e. The number of ether oxygens (including phenoxy) is 1. The van der Waals surface area contributed by atoms with Crippen molar-refractivity contribution >= 4 is 23.3 Å². The number of carbonyl (C=O) groups is 1. The lowest BCUT2D eigenvalue weighted by Gasteiger charge is -2.23. The second-order valence-corrected chi connectivity index (χ2v) is 4.76. The highest BCUT2D eigenvalue weighted by molar-refractivity contribution is 6.30. The highest BCUT2D eigenvalue weighted by Gasteiger charge is 2.17. The van der Waals surface area contributed by atoms with E-state index in [9.17, 15) is 4.79 Å². The number of nitrogens with zero attached hydrogens (tertiary/aromatic N) is 2. The molecule has 0 aromatic heterocycles. The average Bonchev–Trinajstić information content (AvgIpc) is 2.41. The van der Waals surface area contributed by atoms with Crippen LogP contribution in [-0.2, 0) is 0 Å². The minimum Gasteiger partial charge on any atom is -0.492 e. The molecule has 6 heteroatoms. The van der Waals surface area contributed by atoms with Crippen LogP contribution in [0.3, 0.4) is 0 Å². The van der Waals surface area contributed by atoms with Crippen LogP contribution in [0.5, 0.6) is 5.75 Å². The molecule has 1 rings (SSSR count). The van der Waals surface area contributed by atoms with E-state index in [1.54, 1.807) is 25.2 Å². The Morgan fingerprint density at radius 1 is 1.60 bits per heavy atom. The summed E-state index contributed by atoms with van der Waals surface area (Å²) in [7, 11) is 1.65. The number of nitriles is 1. The second kappa shape index (κ2) is 7.61. The van der Waals surface area contributed by atoms with Crippen molar-refractivity contribution < 1.29 is 9.53 Å². The first-order valence-electron chi connectivity index (χ1n) is 6.32. The Balaban J connectivity index is 2.82. The Kier molecular flexibility index (Phi) is 6.13. The van der Waals surface area contributed by atoms with Crippen molar-refractivity contribution in [3.8, 4) is 11.8 Å². The van der Waals surface area contributed by atoms with Gasteiger partial charge in [0.2, 0.25) is 0 Å². The lowest BCUT2D eigenvalue weighted by Crippen LogP contribution is -2.38. The van der Waals surface area contributed by atoms with Crippen molar-refractivity contribution in [1.29, 1.82) is 5.26 Å². The van der Waals surface area contributed by atoms with Crippen molar-refractivity contribution in [1.82, 2.24) is 4.90 Å². The summed E-state index contributed by atoms with van der Waals surface area (Å²) >= 11 is 5.90. The third-order valence-corrected chi connectivity index (χ3v) is 3.09. The number of benzene rings is 1. The fourth-order valence-corrected chi connectivity index (χ4v) is 1.71. The number of hydrogen-bond acceptors (Lipinski definition) is 3. The van der Waals surface area contributed by atoms with Crippen molar-refractivity contribution in [3.63, 3.8) is 0 Å². The van der Waals surface area contributed by atoms with E-state index in [0.29, 0.717) is 23.1 Å². The van der Waals surface area contributed by atoms with E-state index >= 15 is 0 Å². The molecule has 0 saturated carbocycles. The summed E-state index contributed by atoms with van der Waals surface area (Å²) in [6.45, 7) is 4.14. The van der Waals surface area contributed by atoms with Crippen LogP contribution in [-0.4, -0.2) is 30.6 Å². The number of carbonyl (C=O) groups excluding carboxylic acids is 1. The summed E-state index contributed by atoms with van der Waals surface area (Å²) in [5.74, 6) is 0.523. The maximum atomic E-state index is 12.1. The summed E-state index contributed by atoms with van der Waals surface area (Å²) in [6.07, 6.45) is 0.281. The Labute approximate surface area is 124 Å². The van der Waals surface area contributed by atoms with Crippen LogP contribution in [0.25, 0.3) is 0 Å². The Hall–Kier alpha value is -1.93. The van der Waals surface area contributed by atoms with Gasteiger partial charge in [-0.2, -0.15) is 5.26 Å². The van der Waals surface area contributed by atoms with Gasteiger partial charge in [-0.15, -0.1) is 0 Å². The van der Waals surface area contributed by atoms with E-state index in [4.69, 9.17) is 21.6 Å². The molecule has 0 aliphatic carbocycles. The minimum absolute atomic E-state index is 0.164. The second-order valence-electron chi connectivity index (χ2n) is 4.33. The first-order chi connectivity index (χ1) is 9.49. The fraction of sp³-hybridized carbons (Fsp3) is 0.429. The van der Waals surface area contributed by atoms with Gasteiger partial charge in [0.15, 0.2) is 0 Å². The summed E-state index contributed by atoms with van der Waals surface area (Å²) in [5, 5.41) is 12.0. The van der Waals surface area contributed by atoms with Crippen LogP contribution in [0.2, 0.25) is 5.02 Å². The van der Waals surface area contributed by atoms with Gasteiger partial charge in [-0.1, -0.05) is 11.6 Å². The van der Waals surface area contributed by atoms with Gasteiger partial charge in [0, 0.05) is 24.2 Å². The normalized spacial score (nSPS) is 11.3. The molecule has 0 aliphatic rings. The molecule has 1 atom stereocenters. The lowest BCUT2D eigenvalue weighted by atomic mass is 10.2.